The van der Waals surface area contributed by atoms with Crippen LogP contribution in [0.1, 0.15) is 23.6 Å². The number of hydrogen-bond donors (Lipinski definition) is 2. The van der Waals surface area contributed by atoms with E-state index in [0.29, 0.717) is 13.2 Å². The summed E-state index contributed by atoms with van der Waals surface area (Å²) in [6.07, 6.45) is 1.01. The summed E-state index contributed by atoms with van der Waals surface area (Å²) in [5.74, 6) is 3.29. The zero-order valence-corrected chi connectivity index (χ0v) is 21.8. The molecule has 7 nitrogen and oxygen atoms in total. The fourth-order valence-electron chi connectivity index (χ4n) is 3.81. The van der Waals surface area contributed by atoms with Crippen molar-refractivity contribution in [3.05, 3.63) is 53.1 Å². The summed E-state index contributed by atoms with van der Waals surface area (Å²) in [6, 6.07) is 12.3. The van der Waals surface area contributed by atoms with Crippen molar-refractivity contribution in [2.45, 2.75) is 26.4 Å². The third kappa shape index (κ3) is 6.90. The third-order valence-electron chi connectivity index (χ3n) is 5.46. The van der Waals surface area contributed by atoms with Crippen molar-refractivity contribution < 1.29 is 14.2 Å². The van der Waals surface area contributed by atoms with Gasteiger partial charge < -0.3 is 24.8 Å². The molecule has 0 radical (unpaired) electrons. The number of aliphatic imine (C=N–C) groups is 1. The minimum Gasteiger partial charge on any atom is -0.494 e. The number of guanidine groups is 1. The molecule has 0 aromatic heterocycles. The number of methoxy groups -OCH3 is 2. The second-order valence-corrected chi connectivity index (χ2v) is 7.40. The van der Waals surface area contributed by atoms with Gasteiger partial charge >= 0.3 is 0 Å². The first-order valence-corrected chi connectivity index (χ1v) is 10.8. The Morgan fingerprint density at radius 2 is 1.75 bits per heavy atom. The normalized spacial score (nSPS) is 13.6. The lowest BCUT2D eigenvalue weighted by Gasteiger charge is -2.29. The highest BCUT2D eigenvalue weighted by atomic mass is 127. The summed E-state index contributed by atoms with van der Waals surface area (Å²) >= 11 is 0. The van der Waals surface area contributed by atoms with Crippen molar-refractivity contribution in [3.8, 4) is 17.2 Å². The van der Waals surface area contributed by atoms with Gasteiger partial charge in [0.15, 0.2) is 17.5 Å². The van der Waals surface area contributed by atoms with Gasteiger partial charge in [0.05, 0.1) is 20.8 Å². The van der Waals surface area contributed by atoms with Crippen LogP contribution in [-0.2, 0) is 19.5 Å². The van der Waals surface area contributed by atoms with Crippen molar-refractivity contribution in [1.29, 1.82) is 0 Å². The first kappa shape index (κ1) is 26.1. The van der Waals surface area contributed by atoms with Gasteiger partial charge in [-0.25, -0.2) is 0 Å². The van der Waals surface area contributed by atoms with Crippen LogP contribution in [-0.4, -0.2) is 58.4 Å². The van der Waals surface area contributed by atoms with E-state index >= 15 is 0 Å². The number of ether oxygens (including phenoxy) is 3. The van der Waals surface area contributed by atoms with Crippen LogP contribution in [0.4, 0.5) is 0 Å². The van der Waals surface area contributed by atoms with Gasteiger partial charge in [-0.3, -0.25) is 9.89 Å². The van der Waals surface area contributed by atoms with E-state index in [2.05, 4.69) is 38.7 Å². The summed E-state index contributed by atoms with van der Waals surface area (Å²) in [7, 11) is 5.15. The number of rotatable bonds is 9. The van der Waals surface area contributed by atoms with Crippen LogP contribution in [0.25, 0.3) is 0 Å². The molecule has 1 aliphatic rings. The first-order valence-electron chi connectivity index (χ1n) is 10.8. The van der Waals surface area contributed by atoms with Crippen LogP contribution < -0.4 is 24.8 Å². The molecule has 0 fully saturated rings. The molecule has 2 aromatic rings. The van der Waals surface area contributed by atoms with Gasteiger partial charge in [0.25, 0.3) is 0 Å². The molecule has 0 aliphatic carbocycles. The van der Waals surface area contributed by atoms with Gasteiger partial charge in [-0.15, -0.1) is 24.0 Å². The largest absolute Gasteiger partial charge is 0.494 e. The number of nitrogens with zero attached hydrogens (tertiary/aromatic N) is 2. The Labute approximate surface area is 208 Å². The van der Waals surface area contributed by atoms with Crippen LogP contribution in [0.15, 0.2) is 41.4 Å². The molecule has 1 heterocycles. The second-order valence-electron chi connectivity index (χ2n) is 7.40. The summed E-state index contributed by atoms with van der Waals surface area (Å²) in [4.78, 5) is 6.79. The minimum atomic E-state index is 0. The van der Waals surface area contributed by atoms with E-state index in [9.17, 15) is 0 Å². The zero-order chi connectivity index (χ0) is 22.1. The Hall–Kier alpha value is -2.20. The fourth-order valence-corrected chi connectivity index (χ4v) is 3.81. The number of para-hydroxylation sites is 1. The lowest BCUT2D eigenvalue weighted by atomic mass is 9.99. The highest BCUT2D eigenvalue weighted by Gasteiger charge is 2.19. The summed E-state index contributed by atoms with van der Waals surface area (Å²) in [5, 5.41) is 6.79. The average Bonchev–Trinajstić information content (AvgIpc) is 2.81. The Morgan fingerprint density at radius 3 is 2.44 bits per heavy atom. The smallest absolute Gasteiger partial charge is 0.191 e. The molecule has 2 aromatic carbocycles. The van der Waals surface area contributed by atoms with Crippen molar-refractivity contribution in [1.82, 2.24) is 15.5 Å². The van der Waals surface area contributed by atoms with E-state index in [1.165, 1.54) is 11.1 Å². The topological polar surface area (TPSA) is 67.4 Å². The van der Waals surface area contributed by atoms with Gasteiger partial charge in [-0.2, -0.15) is 0 Å². The molecular weight excluding hydrogens is 519 g/mol. The molecule has 8 heteroatoms. The molecular formula is C24H35IN4O3. The lowest BCUT2D eigenvalue weighted by molar-refractivity contribution is 0.256. The van der Waals surface area contributed by atoms with Crippen LogP contribution in [0.2, 0.25) is 0 Å². The zero-order valence-electron chi connectivity index (χ0n) is 19.4. The highest BCUT2D eigenvalue weighted by molar-refractivity contribution is 14.0. The predicted molar refractivity (Wildman–Crippen MR) is 140 cm³/mol. The van der Waals surface area contributed by atoms with E-state index < -0.39 is 0 Å². The molecule has 176 valence electrons. The van der Waals surface area contributed by atoms with E-state index in [-0.39, 0.29) is 24.0 Å². The molecule has 32 heavy (non-hydrogen) atoms. The average molecular weight is 554 g/mol. The number of nitrogens with one attached hydrogen (secondary N) is 2. The highest BCUT2D eigenvalue weighted by Crippen LogP contribution is 2.33. The van der Waals surface area contributed by atoms with Crippen molar-refractivity contribution in [2.75, 3.05) is 47.5 Å². The Bertz CT molecular complexity index is 892. The fraction of sp³-hybridized carbons (Fsp3) is 0.458. The monoisotopic (exact) mass is 554 g/mol. The Kier molecular flexibility index (Phi) is 10.9. The molecule has 1 aliphatic heterocycles. The molecule has 2 N–H and O–H groups in total. The van der Waals surface area contributed by atoms with Gasteiger partial charge in [0.1, 0.15) is 5.75 Å². The van der Waals surface area contributed by atoms with E-state index in [0.717, 1.165) is 61.4 Å². The van der Waals surface area contributed by atoms with Crippen molar-refractivity contribution in [3.63, 3.8) is 0 Å². The predicted octanol–water partition coefficient (Wildman–Crippen LogP) is 3.44. The van der Waals surface area contributed by atoms with Gasteiger partial charge in [-0.05, 0) is 42.7 Å². The van der Waals surface area contributed by atoms with Crippen LogP contribution in [0.3, 0.4) is 0 Å². The summed E-state index contributed by atoms with van der Waals surface area (Å²) in [5.41, 5.74) is 3.76. The number of fused-ring (bicyclic) bond motifs is 1. The van der Waals surface area contributed by atoms with Gasteiger partial charge in [0.2, 0.25) is 0 Å². The Balaban J connectivity index is 0.00000363. The summed E-state index contributed by atoms with van der Waals surface area (Å²) < 4.78 is 16.6. The molecule has 0 unspecified atom stereocenters. The van der Waals surface area contributed by atoms with Crippen LogP contribution in [0.5, 0.6) is 17.2 Å². The maximum absolute atomic E-state index is 5.70. The molecule has 0 amide bonds. The third-order valence-corrected chi connectivity index (χ3v) is 5.46. The standard InChI is InChI=1S/C24H34N4O3.HI/c1-5-31-21-9-7-6-8-19(21)16-27-24(25-2)26-11-13-28-12-10-18-14-22(29-3)23(30-4)15-20(18)17-28;/h6-9,14-15H,5,10-13,16-17H2,1-4H3,(H2,25,26,27);1H. The summed E-state index contributed by atoms with van der Waals surface area (Å²) in [6.45, 7) is 6.99. The molecule has 3 rings (SSSR count). The second kappa shape index (κ2) is 13.4. The van der Waals surface area contributed by atoms with Crippen molar-refractivity contribution >= 4 is 29.9 Å². The Morgan fingerprint density at radius 1 is 1.03 bits per heavy atom. The van der Waals surface area contributed by atoms with Gasteiger partial charge in [0, 0.05) is 45.3 Å². The van der Waals surface area contributed by atoms with Crippen LogP contribution >= 0.6 is 24.0 Å². The number of halogens is 1. The maximum atomic E-state index is 5.70. The molecule has 0 bridgehead atoms. The quantitative estimate of drug-likeness (QED) is 0.281. The maximum Gasteiger partial charge on any atom is 0.191 e. The van der Waals surface area contributed by atoms with E-state index in [1.807, 2.05) is 25.1 Å². The number of benzene rings is 2. The minimum absolute atomic E-state index is 0. The van der Waals surface area contributed by atoms with Crippen LogP contribution in [0, 0.1) is 0 Å². The van der Waals surface area contributed by atoms with E-state index in [4.69, 9.17) is 14.2 Å². The first-order chi connectivity index (χ1) is 15.2. The molecule has 0 saturated carbocycles. The molecule has 0 atom stereocenters. The number of hydrogen-bond acceptors (Lipinski definition) is 5. The van der Waals surface area contributed by atoms with Crippen molar-refractivity contribution in [2.24, 2.45) is 4.99 Å². The molecule has 0 spiro atoms. The van der Waals surface area contributed by atoms with Gasteiger partial charge in [-0.1, -0.05) is 18.2 Å². The lowest BCUT2D eigenvalue weighted by Crippen LogP contribution is -2.42. The SMILES string of the molecule is CCOc1ccccc1CNC(=NC)NCCN1CCc2cc(OC)c(OC)cc2C1.I. The van der Waals surface area contributed by atoms with E-state index in [1.54, 1.807) is 21.3 Å². The molecule has 0 saturated heterocycles.